The fourth-order valence-corrected chi connectivity index (χ4v) is 4.93. The average molecular weight is 511 g/mol. The van der Waals surface area contributed by atoms with E-state index in [1.165, 1.54) is 18.2 Å². The van der Waals surface area contributed by atoms with Gasteiger partial charge < -0.3 is 4.74 Å². The molecule has 0 radical (unpaired) electrons. The lowest BCUT2D eigenvalue weighted by atomic mass is 9.92. The SMILES string of the molecule is CS(=O)(=O)c1cccc(-c2cc3c(c4ccccc24)OC(c2cc(F)c(F)cc2F)C([N+](=O)[O-])=C3)c1. The van der Waals surface area contributed by atoms with Crippen LogP contribution in [0.25, 0.3) is 28.0 Å². The maximum atomic E-state index is 14.6. The van der Waals surface area contributed by atoms with Gasteiger partial charge in [-0.1, -0.05) is 36.4 Å². The standard InChI is InChI=1S/C26H16F3NO5S/c1-36(33,34)16-6-4-5-14(9-16)19-10-15-11-24(30(31)32)26(20-12-22(28)23(29)13-21(20)27)35-25(15)18-8-3-2-7-17(18)19/h2-13,26H,1H3. The van der Waals surface area contributed by atoms with Crippen LogP contribution in [0.5, 0.6) is 5.75 Å². The summed E-state index contributed by atoms with van der Waals surface area (Å²) in [6.45, 7) is 0. The highest BCUT2D eigenvalue weighted by molar-refractivity contribution is 7.90. The molecule has 0 spiro atoms. The van der Waals surface area contributed by atoms with E-state index in [1.54, 1.807) is 42.5 Å². The van der Waals surface area contributed by atoms with Crippen molar-refractivity contribution in [2.24, 2.45) is 0 Å². The Kier molecular flexibility index (Phi) is 5.55. The van der Waals surface area contributed by atoms with Crippen molar-refractivity contribution in [2.75, 3.05) is 6.26 Å². The third-order valence-corrected chi connectivity index (χ3v) is 7.05. The first-order valence-electron chi connectivity index (χ1n) is 10.6. The lowest BCUT2D eigenvalue weighted by molar-refractivity contribution is -0.434. The third-order valence-electron chi connectivity index (χ3n) is 5.94. The molecular weight excluding hydrogens is 495 g/mol. The second kappa shape index (κ2) is 8.49. The predicted molar refractivity (Wildman–Crippen MR) is 127 cm³/mol. The van der Waals surface area contributed by atoms with Gasteiger partial charge in [0.2, 0.25) is 6.10 Å². The predicted octanol–water partition coefficient (Wildman–Crippen LogP) is 6.08. The van der Waals surface area contributed by atoms with Crippen molar-refractivity contribution in [1.82, 2.24) is 0 Å². The van der Waals surface area contributed by atoms with Gasteiger partial charge in [-0.2, -0.15) is 0 Å². The van der Waals surface area contributed by atoms with Gasteiger partial charge in [0, 0.05) is 34.9 Å². The zero-order valence-corrected chi connectivity index (χ0v) is 19.4. The smallest absolute Gasteiger partial charge is 0.291 e. The largest absolute Gasteiger partial charge is 0.473 e. The molecule has 1 heterocycles. The Labute approximate surface area is 203 Å². The van der Waals surface area contributed by atoms with Gasteiger partial charge in [-0.05, 0) is 40.8 Å². The Morgan fingerprint density at radius 1 is 0.889 bits per heavy atom. The molecule has 6 nitrogen and oxygen atoms in total. The van der Waals surface area contributed by atoms with Crippen LogP contribution in [-0.2, 0) is 9.84 Å². The minimum Gasteiger partial charge on any atom is -0.473 e. The first-order valence-corrected chi connectivity index (χ1v) is 12.5. The molecule has 10 heteroatoms. The van der Waals surface area contributed by atoms with E-state index in [2.05, 4.69) is 0 Å². The molecule has 36 heavy (non-hydrogen) atoms. The van der Waals surface area contributed by atoms with Crippen LogP contribution in [0, 0.1) is 27.6 Å². The fourth-order valence-electron chi connectivity index (χ4n) is 4.27. The number of nitrogens with zero attached hydrogens (tertiary/aromatic N) is 1. The number of fused-ring (bicyclic) bond motifs is 3. The van der Waals surface area contributed by atoms with Gasteiger partial charge in [0.15, 0.2) is 21.5 Å². The zero-order chi connectivity index (χ0) is 25.8. The Morgan fingerprint density at radius 3 is 2.28 bits per heavy atom. The molecule has 4 aromatic rings. The summed E-state index contributed by atoms with van der Waals surface area (Å²) < 4.78 is 72.1. The minimum absolute atomic E-state index is 0.105. The molecule has 0 fully saturated rings. The lowest BCUT2D eigenvalue weighted by Crippen LogP contribution is -2.21. The van der Waals surface area contributed by atoms with E-state index in [1.807, 2.05) is 0 Å². The van der Waals surface area contributed by atoms with Gasteiger partial charge in [-0.3, -0.25) is 10.1 Å². The van der Waals surface area contributed by atoms with E-state index in [9.17, 15) is 31.7 Å². The number of halogens is 3. The number of rotatable bonds is 4. The molecule has 0 aromatic heterocycles. The molecule has 0 bridgehead atoms. The fraction of sp³-hybridized carbons (Fsp3) is 0.0769. The second-order valence-corrected chi connectivity index (χ2v) is 10.3. The van der Waals surface area contributed by atoms with Gasteiger partial charge in [-0.25, -0.2) is 21.6 Å². The highest BCUT2D eigenvalue weighted by Crippen LogP contribution is 2.45. The van der Waals surface area contributed by atoms with Crippen molar-refractivity contribution in [3.8, 4) is 16.9 Å². The maximum absolute atomic E-state index is 14.6. The second-order valence-electron chi connectivity index (χ2n) is 8.30. The third kappa shape index (κ3) is 3.99. The molecule has 1 aliphatic rings. The Morgan fingerprint density at radius 2 is 1.58 bits per heavy atom. The van der Waals surface area contributed by atoms with E-state index in [4.69, 9.17) is 4.74 Å². The molecule has 0 N–H and O–H groups in total. The van der Waals surface area contributed by atoms with Crippen LogP contribution in [0.3, 0.4) is 0 Å². The Bertz CT molecular complexity index is 1720. The summed E-state index contributed by atoms with van der Waals surface area (Å²) >= 11 is 0. The number of hydrogen-bond acceptors (Lipinski definition) is 5. The minimum atomic E-state index is -3.49. The summed E-state index contributed by atoms with van der Waals surface area (Å²) in [5.74, 6) is -3.79. The molecule has 0 amide bonds. The van der Waals surface area contributed by atoms with Crippen LogP contribution < -0.4 is 4.74 Å². The molecule has 1 atom stereocenters. The van der Waals surface area contributed by atoms with E-state index in [-0.39, 0.29) is 10.6 Å². The molecule has 182 valence electrons. The Balaban J connectivity index is 1.76. The van der Waals surface area contributed by atoms with Gasteiger partial charge in [0.05, 0.1) is 9.82 Å². The van der Waals surface area contributed by atoms with Crippen LogP contribution in [0.2, 0.25) is 0 Å². The molecular formula is C26H16F3NO5S. The van der Waals surface area contributed by atoms with E-state index < -0.39 is 49.6 Å². The van der Waals surface area contributed by atoms with Gasteiger partial charge >= 0.3 is 0 Å². The van der Waals surface area contributed by atoms with Crippen LogP contribution in [-0.4, -0.2) is 19.6 Å². The van der Waals surface area contributed by atoms with Crippen molar-refractivity contribution in [2.45, 2.75) is 11.0 Å². The number of benzene rings is 4. The number of nitro groups is 1. The van der Waals surface area contributed by atoms with Crippen molar-refractivity contribution in [3.05, 3.63) is 111 Å². The summed E-state index contributed by atoms with van der Waals surface area (Å²) in [4.78, 5) is 11.2. The van der Waals surface area contributed by atoms with Crippen molar-refractivity contribution < 1.29 is 31.2 Å². The zero-order valence-electron chi connectivity index (χ0n) is 18.5. The van der Waals surface area contributed by atoms with Crippen molar-refractivity contribution in [3.63, 3.8) is 0 Å². The van der Waals surface area contributed by atoms with Crippen molar-refractivity contribution >= 4 is 26.7 Å². The summed E-state index contributed by atoms with van der Waals surface area (Å²) in [5.41, 5.74) is 0.353. The van der Waals surface area contributed by atoms with E-state index in [0.717, 1.165) is 6.26 Å². The number of hydrogen-bond donors (Lipinski definition) is 0. The molecule has 4 aromatic carbocycles. The Hall–Kier alpha value is -4.18. The summed E-state index contributed by atoms with van der Waals surface area (Å²) in [6, 6.07) is 15.7. The molecule has 1 unspecified atom stereocenters. The molecule has 0 saturated carbocycles. The van der Waals surface area contributed by atoms with Crippen LogP contribution in [0.1, 0.15) is 17.2 Å². The van der Waals surface area contributed by atoms with Crippen LogP contribution in [0.4, 0.5) is 13.2 Å². The molecule has 0 saturated heterocycles. The van der Waals surface area contributed by atoms with Crippen molar-refractivity contribution in [1.29, 1.82) is 0 Å². The topological polar surface area (TPSA) is 86.5 Å². The monoisotopic (exact) mass is 511 g/mol. The normalized spacial score (nSPS) is 15.2. The van der Waals surface area contributed by atoms with Crippen LogP contribution in [0.15, 0.2) is 77.3 Å². The number of sulfone groups is 1. The van der Waals surface area contributed by atoms with Crippen LogP contribution >= 0.6 is 0 Å². The summed E-state index contributed by atoms with van der Waals surface area (Å²) in [7, 11) is -3.49. The number of ether oxygens (including phenoxy) is 1. The van der Waals surface area contributed by atoms with E-state index >= 15 is 0 Å². The first-order chi connectivity index (χ1) is 17.0. The summed E-state index contributed by atoms with van der Waals surface area (Å²) in [6.07, 6.45) is 0.653. The van der Waals surface area contributed by atoms with Gasteiger partial charge in [0.1, 0.15) is 11.6 Å². The average Bonchev–Trinajstić information content (AvgIpc) is 2.84. The van der Waals surface area contributed by atoms with E-state index in [0.29, 0.717) is 39.6 Å². The highest BCUT2D eigenvalue weighted by Gasteiger charge is 2.37. The highest BCUT2D eigenvalue weighted by atomic mass is 32.2. The molecule has 5 rings (SSSR count). The molecule has 0 aliphatic carbocycles. The quantitative estimate of drug-likeness (QED) is 0.188. The lowest BCUT2D eigenvalue weighted by Gasteiger charge is -2.25. The summed E-state index contributed by atoms with van der Waals surface area (Å²) in [5, 5.41) is 13.0. The molecule has 1 aliphatic heterocycles. The van der Waals surface area contributed by atoms with Gasteiger partial charge in [0.25, 0.3) is 5.70 Å². The first kappa shape index (κ1) is 23.6. The van der Waals surface area contributed by atoms with Gasteiger partial charge in [-0.15, -0.1) is 0 Å². The maximum Gasteiger partial charge on any atom is 0.291 e.